The van der Waals surface area contributed by atoms with Gasteiger partial charge in [-0.3, -0.25) is 0 Å². The van der Waals surface area contributed by atoms with Crippen LogP contribution in [-0.2, 0) is 6.54 Å². The van der Waals surface area contributed by atoms with Gasteiger partial charge in [0.1, 0.15) is 0 Å². The molecule has 0 saturated carbocycles. The van der Waals surface area contributed by atoms with Crippen molar-refractivity contribution < 1.29 is 0 Å². The molecule has 0 amide bonds. The van der Waals surface area contributed by atoms with Gasteiger partial charge in [-0.25, -0.2) is 0 Å². The van der Waals surface area contributed by atoms with E-state index < -0.39 is 0 Å². The first kappa shape index (κ1) is 11.2. The van der Waals surface area contributed by atoms with Crippen LogP contribution >= 0.6 is 0 Å². The number of nitrogens with zero attached hydrogens (tertiary/aromatic N) is 1. The van der Waals surface area contributed by atoms with E-state index in [9.17, 15) is 0 Å². The predicted molar refractivity (Wildman–Crippen MR) is 61.3 cm³/mol. The Morgan fingerprint density at radius 3 is 2.57 bits per heavy atom. The van der Waals surface area contributed by atoms with E-state index in [0.29, 0.717) is 0 Å². The third-order valence-electron chi connectivity index (χ3n) is 2.38. The minimum atomic E-state index is 0.971. The van der Waals surface area contributed by atoms with Gasteiger partial charge in [-0.05, 0) is 19.2 Å². The molecular weight excluding hydrogens is 172 g/mol. The molecule has 0 radical (unpaired) electrons. The standard InChI is InChI=1S/C12H20N2/c1-3-14(2)10-9-13-11-12-7-5-4-6-8-12/h4-8,13H,3,9-11H2,1-2H3. The molecule has 0 fully saturated rings. The molecule has 0 spiro atoms. The first-order valence-electron chi connectivity index (χ1n) is 5.26. The second-order valence-corrected chi connectivity index (χ2v) is 3.56. The maximum absolute atomic E-state index is 3.43. The molecule has 0 aromatic heterocycles. The first-order chi connectivity index (χ1) is 6.83. The van der Waals surface area contributed by atoms with Crippen molar-refractivity contribution in [1.82, 2.24) is 10.2 Å². The highest BCUT2D eigenvalue weighted by Gasteiger charge is 1.93. The van der Waals surface area contributed by atoms with Crippen molar-refractivity contribution in [1.29, 1.82) is 0 Å². The normalized spacial score (nSPS) is 10.8. The van der Waals surface area contributed by atoms with Crippen molar-refractivity contribution in [3.8, 4) is 0 Å². The highest BCUT2D eigenvalue weighted by atomic mass is 15.1. The molecule has 78 valence electrons. The maximum atomic E-state index is 3.43. The van der Waals surface area contributed by atoms with Crippen LogP contribution in [0.25, 0.3) is 0 Å². The average Bonchev–Trinajstić information content (AvgIpc) is 2.25. The third kappa shape index (κ3) is 4.40. The second-order valence-electron chi connectivity index (χ2n) is 3.56. The molecule has 2 nitrogen and oxygen atoms in total. The minimum Gasteiger partial charge on any atom is -0.311 e. The Labute approximate surface area is 86.9 Å². The summed E-state index contributed by atoms with van der Waals surface area (Å²) in [4.78, 5) is 2.30. The van der Waals surface area contributed by atoms with E-state index >= 15 is 0 Å². The Kier molecular flexibility index (Phi) is 5.27. The van der Waals surface area contributed by atoms with Crippen LogP contribution in [0.5, 0.6) is 0 Å². The molecule has 2 heteroatoms. The van der Waals surface area contributed by atoms with E-state index in [4.69, 9.17) is 0 Å². The molecular formula is C12H20N2. The van der Waals surface area contributed by atoms with E-state index in [1.807, 2.05) is 6.07 Å². The lowest BCUT2D eigenvalue weighted by molar-refractivity contribution is 0.349. The fraction of sp³-hybridized carbons (Fsp3) is 0.500. The van der Waals surface area contributed by atoms with Crippen molar-refractivity contribution in [3.63, 3.8) is 0 Å². The van der Waals surface area contributed by atoms with Crippen molar-refractivity contribution >= 4 is 0 Å². The lowest BCUT2D eigenvalue weighted by Gasteiger charge is -2.13. The number of hydrogen-bond donors (Lipinski definition) is 1. The summed E-state index contributed by atoms with van der Waals surface area (Å²) >= 11 is 0. The number of benzene rings is 1. The van der Waals surface area contributed by atoms with E-state index in [0.717, 1.165) is 26.2 Å². The Balaban J connectivity index is 2.10. The summed E-state index contributed by atoms with van der Waals surface area (Å²) < 4.78 is 0. The van der Waals surface area contributed by atoms with Crippen LogP contribution < -0.4 is 5.32 Å². The van der Waals surface area contributed by atoms with E-state index in [1.165, 1.54) is 5.56 Å². The minimum absolute atomic E-state index is 0.971. The molecule has 0 heterocycles. The average molecular weight is 192 g/mol. The molecule has 1 aromatic carbocycles. The summed E-state index contributed by atoms with van der Waals surface area (Å²) in [6, 6.07) is 10.5. The van der Waals surface area contributed by atoms with Gasteiger partial charge in [0.05, 0.1) is 0 Å². The second kappa shape index (κ2) is 6.57. The molecule has 1 rings (SSSR count). The van der Waals surface area contributed by atoms with Gasteiger partial charge in [0.25, 0.3) is 0 Å². The summed E-state index contributed by atoms with van der Waals surface area (Å²) in [6.45, 7) is 6.44. The van der Waals surface area contributed by atoms with Crippen molar-refractivity contribution in [2.24, 2.45) is 0 Å². The van der Waals surface area contributed by atoms with E-state index in [2.05, 4.69) is 48.5 Å². The lowest BCUT2D eigenvalue weighted by Crippen LogP contribution is -2.28. The van der Waals surface area contributed by atoms with E-state index in [-0.39, 0.29) is 0 Å². The molecule has 0 saturated heterocycles. The summed E-state index contributed by atoms with van der Waals surface area (Å²) in [7, 11) is 2.14. The quantitative estimate of drug-likeness (QED) is 0.691. The molecule has 0 aliphatic carbocycles. The number of rotatable bonds is 6. The van der Waals surface area contributed by atoms with Gasteiger partial charge in [0.2, 0.25) is 0 Å². The van der Waals surface area contributed by atoms with Gasteiger partial charge >= 0.3 is 0 Å². The molecule has 0 aliphatic rings. The number of nitrogens with one attached hydrogen (secondary N) is 1. The Hall–Kier alpha value is -0.860. The fourth-order valence-corrected chi connectivity index (χ4v) is 1.26. The highest BCUT2D eigenvalue weighted by molar-refractivity contribution is 5.14. The summed E-state index contributed by atoms with van der Waals surface area (Å²) in [5, 5.41) is 3.43. The third-order valence-corrected chi connectivity index (χ3v) is 2.38. The Morgan fingerprint density at radius 1 is 1.21 bits per heavy atom. The molecule has 0 unspecified atom stereocenters. The zero-order chi connectivity index (χ0) is 10.2. The maximum Gasteiger partial charge on any atom is 0.0206 e. The summed E-state index contributed by atoms with van der Waals surface area (Å²) in [6.07, 6.45) is 0. The molecule has 14 heavy (non-hydrogen) atoms. The van der Waals surface area contributed by atoms with Crippen molar-refractivity contribution in [2.75, 3.05) is 26.7 Å². The predicted octanol–water partition coefficient (Wildman–Crippen LogP) is 1.73. The van der Waals surface area contributed by atoms with Crippen LogP contribution in [0.1, 0.15) is 12.5 Å². The molecule has 0 bridgehead atoms. The SMILES string of the molecule is CCN(C)CCNCc1ccccc1. The monoisotopic (exact) mass is 192 g/mol. The molecule has 0 atom stereocenters. The van der Waals surface area contributed by atoms with Gasteiger partial charge in [0, 0.05) is 19.6 Å². The molecule has 1 aromatic rings. The highest BCUT2D eigenvalue weighted by Crippen LogP contribution is 1.96. The topological polar surface area (TPSA) is 15.3 Å². The van der Waals surface area contributed by atoms with Crippen molar-refractivity contribution in [2.45, 2.75) is 13.5 Å². The Morgan fingerprint density at radius 2 is 1.93 bits per heavy atom. The summed E-state index contributed by atoms with van der Waals surface area (Å²) in [5.74, 6) is 0. The van der Waals surface area contributed by atoms with E-state index in [1.54, 1.807) is 0 Å². The van der Waals surface area contributed by atoms with Crippen molar-refractivity contribution in [3.05, 3.63) is 35.9 Å². The van der Waals surface area contributed by atoms with Gasteiger partial charge in [-0.15, -0.1) is 0 Å². The molecule has 0 aliphatic heterocycles. The fourth-order valence-electron chi connectivity index (χ4n) is 1.26. The van der Waals surface area contributed by atoms with Gasteiger partial charge in [-0.1, -0.05) is 37.3 Å². The Bertz CT molecular complexity index is 233. The van der Waals surface area contributed by atoms with Crippen LogP contribution in [0, 0.1) is 0 Å². The summed E-state index contributed by atoms with van der Waals surface area (Å²) in [5.41, 5.74) is 1.35. The number of hydrogen-bond acceptors (Lipinski definition) is 2. The van der Waals surface area contributed by atoms with Crippen LogP contribution in [-0.4, -0.2) is 31.6 Å². The van der Waals surface area contributed by atoms with Gasteiger partial charge in [-0.2, -0.15) is 0 Å². The van der Waals surface area contributed by atoms with Gasteiger partial charge in [0.15, 0.2) is 0 Å². The molecule has 1 N–H and O–H groups in total. The van der Waals surface area contributed by atoms with Crippen LogP contribution in [0.15, 0.2) is 30.3 Å². The smallest absolute Gasteiger partial charge is 0.0206 e. The van der Waals surface area contributed by atoms with Crippen LogP contribution in [0.3, 0.4) is 0 Å². The van der Waals surface area contributed by atoms with Gasteiger partial charge < -0.3 is 10.2 Å². The van der Waals surface area contributed by atoms with Crippen LogP contribution in [0.2, 0.25) is 0 Å². The zero-order valence-corrected chi connectivity index (χ0v) is 9.16. The number of likely N-dealkylation sites (N-methyl/N-ethyl adjacent to an activating group) is 1. The zero-order valence-electron chi connectivity index (χ0n) is 9.16. The largest absolute Gasteiger partial charge is 0.311 e. The van der Waals surface area contributed by atoms with Crippen LogP contribution in [0.4, 0.5) is 0 Å². The first-order valence-corrected chi connectivity index (χ1v) is 5.26. The lowest BCUT2D eigenvalue weighted by atomic mass is 10.2.